The van der Waals surface area contributed by atoms with E-state index in [0.29, 0.717) is 10.6 Å². The van der Waals surface area contributed by atoms with Gasteiger partial charge in [-0.1, -0.05) is 5.16 Å². The Balaban J connectivity index is 2.01. The SMILES string of the molecule is O=c1cc(-c2noc(C(F)(F)F)n2)nc(CCC(F)(F)F)n1-c1ccc(OCC(F)(F)F)cc1. The number of nitrogens with zero attached hydrogens (tertiary/aromatic N) is 4. The number of aryl methyl sites for hydroxylation is 1. The van der Waals surface area contributed by atoms with Crippen LogP contribution in [0.1, 0.15) is 18.1 Å². The van der Waals surface area contributed by atoms with Gasteiger partial charge in [0.15, 0.2) is 6.61 Å². The molecule has 184 valence electrons. The minimum Gasteiger partial charge on any atom is -0.484 e. The average molecular weight is 502 g/mol. The Kier molecular flexibility index (Phi) is 6.61. The first kappa shape index (κ1) is 25.0. The topological polar surface area (TPSA) is 83.0 Å². The molecule has 1 aromatic carbocycles. The monoisotopic (exact) mass is 502 g/mol. The van der Waals surface area contributed by atoms with Gasteiger partial charge in [-0.2, -0.15) is 44.5 Å². The Bertz CT molecular complexity index is 1200. The van der Waals surface area contributed by atoms with E-state index in [1.165, 1.54) is 0 Å². The van der Waals surface area contributed by atoms with Gasteiger partial charge in [-0.3, -0.25) is 9.36 Å². The molecule has 0 radical (unpaired) electrons. The molecule has 34 heavy (non-hydrogen) atoms. The highest BCUT2D eigenvalue weighted by molar-refractivity contribution is 5.49. The van der Waals surface area contributed by atoms with Gasteiger partial charge < -0.3 is 9.26 Å². The number of ether oxygens (including phenoxy) is 1. The van der Waals surface area contributed by atoms with Crippen LogP contribution in [-0.4, -0.2) is 38.7 Å². The maximum absolute atomic E-state index is 12.8. The maximum atomic E-state index is 12.8. The first-order chi connectivity index (χ1) is 15.6. The van der Waals surface area contributed by atoms with Crippen LogP contribution in [0.2, 0.25) is 0 Å². The zero-order chi connectivity index (χ0) is 25.3. The third-order valence-electron chi connectivity index (χ3n) is 4.02. The third kappa shape index (κ3) is 6.48. The lowest BCUT2D eigenvalue weighted by Gasteiger charge is -2.15. The van der Waals surface area contributed by atoms with E-state index < -0.39 is 66.8 Å². The number of benzene rings is 1. The Labute approximate surface area is 182 Å². The molecule has 3 aromatic rings. The summed E-state index contributed by atoms with van der Waals surface area (Å²) in [6.45, 7) is -1.59. The highest BCUT2D eigenvalue weighted by Crippen LogP contribution is 2.29. The normalized spacial score (nSPS) is 12.7. The molecular weight excluding hydrogens is 491 g/mol. The fraction of sp³-hybridized carbons (Fsp3) is 0.333. The van der Waals surface area contributed by atoms with Crippen molar-refractivity contribution in [1.82, 2.24) is 19.7 Å². The standard InChI is InChI=1S/C18H11F9N4O3/c19-16(20,21)6-5-12-28-11(14-29-15(34-30-14)18(25,26)27)7-13(32)31(12)9-1-3-10(4-2-9)33-8-17(22,23)24/h1-4,7H,5-6,8H2. The van der Waals surface area contributed by atoms with Crippen LogP contribution in [0.15, 0.2) is 39.6 Å². The number of rotatable bonds is 6. The number of hydrogen-bond acceptors (Lipinski definition) is 6. The summed E-state index contributed by atoms with van der Waals surface area (Å²) in [5.74, 6) is -3.27. The second-order valence-corrected chi connectivity index (χ2v) is 6.67. The molecule has 0 spiro atoms. The van der Waals surface area contributed by atoms with Gasteiger partial charge >= 0.3 is 24.4 Å². The summed E-state index contributed by atoms with van der Waals surface area (Å²) < 4.78 is 122. The summed E-state index contributed by atoms with van der Waals surface area (Å²) in [7, 11) is 0. The number of aromatic nitrogens is 4. The molecule has 2 heterocycles. The van der Waals surface area contributed by atoms with Crippen molar-refractivity contribution in [2.24, 2.45) is 0 Å². The summed E-state index contributed by atoms with van der Waals surface area (Å²) in [5.41, 5.74) is -1.66. The van der Waals surface area contributed by atoms with E-state index in [4.69, 9.17) is 0 Å². The van der Waals surface area contributed by atoms with E-state index >= 15 is 0 Å². The molecule has 0 atom stereocenters. The van der Waals surface area contributed by atoms with Gasteiger partial charge in [0.05, 0.1) is 12.1 Å². The fourth-order valence-corrected chi connectivity index (χ4v) is 2.64. The van der Waals surface area contributed by atoms with E-state index in [1.807, 2.05) is 0 Å². The molecule has 0 saturated heterocycles. The average Bonchev–Trinajstić information content (AvgIpc) is 3.21. The molecule has 7 nitrogen and oxygen atoms in total. The first-order valence-electron chi connectivity index (χ1n) is 9.03. The smallest absolute Gasteiger partial charge is 0.471 e. The van der Waals surface area contributed by atoms with Gasteiger partial charge in [-0.15, -0.1) is 0 Å². The summed E-state index contributed by atoms with van der Waals surface area (Å²) in [4.78, 5) is 19.5. The van der Waals surface area contributed by atoms with Crippen LogP contribution in [0.3, 0.4) is 0 Å². The summed E-state index contributed by atoms with van der Waals surface area (Å²) in [5, 5.41) is 3.05. The lowest BCUT2D eigenvalue weighted by atomic mass is 10.2. The van der Waals surface area contributed by atoms with Crippen molar-refractivity contribution >= 4 is 0 Å². The number of alkyl halides is 9. The quantitative estimate of drug-likeness (QED) is 0.453. The van der Waals surface area contributed by atoms with Crippen molar-refractivity contribution in [2.45, 2.75) is 31.4 Å². The second kappa shape index (κ2) is 8.98. The van der Waals surface area contributed by atoms with Crippen molar-refractivity contribution in [3.8, 4) is 23.0 Å². The van der Waals surface area contributed by atoms with Crippen LogP contribution in [0.5, 0.6) is 5.75 Å². The molecule has 0 N–H and O–H groups in total. The molecular formula is C18H11F9N4O3. The Morgan fingerprint density at radius 3 is 2.09 bits per heavy atom. The first-order valence-corrected chi connectivity index (χ1v) is 9.03. The van der Waals surface area contributed by atoms with Crippen LogP contribution in [0.25, 0.3) is 17.2 Å². The van der Waals surface area contributed by atoms with Crippen molar-refractivity contribution < 1.29 is 48.8 Å². The molecule has 0 saturated carbocycles. The minimum atomic E-state index is -5.00. The third-order valence-corrected chi connectivity index (χ3v) is 4.02. The predicted molar refractivity (Wildman–Crippen MR) is 94.1 cm³/mol. The molecule has 0 amide bonds. The van der Waals surface area contributed by atoms with Gasteiger partial charge in [0, 0.05) is 12.5 Å². The summed E-state index contributed by atoms with van der Waals surface area (Å²) >= 11 is 0. The van der Waals surface area contributed by atoms with E-state index in [2.05, 4.69) is 24.4 Å². The van der Waals surface area contributed by atoms with Crippen LogP contribution in [-0.2, 0) is 12.6 Å². The van der Waals surface area contributed by atoms with Crippen LogP contribution in [0, 0.1) is 0 Å². The van der Waals surface area contributed by atoms with Gasteiger partial charge in [0.1, 0.15) is 17.3 Å². The highest BCUT2D eigenvalue weighted by Gasteiger charge is 2.39. The van der Waals surface area contributed by atoms with Crippen LogP contribution < -0.4 is 10.3 Å². The lowest BCUT2D eigenvalue weighted by Crippen LogP contribution is -2.25. The van der Waals surface area contributed by atoms with Crippen molar-refractivity contribution in [3.05, 3.63) is 52.4 Å². The van der Waals surface area contributed by atoms with E-state index in [9.17, 15) is 44.3 Å². The Morgan fingerprint density at radius 2 is 1.56 bits per heavy atom. The number of halogens is 9. The van der Waals surface area contributed by atoms with Gasteiger partial charge in [-0.05, 0) is 24.3 Å². The molecule has 0 bridgehead atoms. The van der Waals surface area contributed by atoms with Gasteiger partial charge in [-0.25, -0.2) is 4.98 Å². The molecule has 0 fully saturated rings. The predicted octanol–water partition coefficient (Wildman–Crippen LogP) is 4.74. The molecule has 3 rings (SSSR count). The highest BCUT2D eigenvalue weighted by atomic mass is 19.4. The van der Waals surface area contributed by atoms with E-state index in [-0.39, 0.29) is 11.4 Å². The van der Waals surface area contributed by atoms with E-state index in [1.54, 1.807) is 0 Å². The zero-order valence-corrected chi connectivity index (χ0v) is 16.4. The molecule has 0 aliphatic rings. The zero-order valence-electron chi connectivity index (χ0n) is 16.4. The minimum absolute atomic E-state index is 0.0790. The lowest BCUT2D eigenvalue weighted by molar-refractivity contribution is -0.159. The van der Waals surface area contributed by atoms with Gasteiger partial charge in [0.2, 0.25) is 5.82 Å². The van der Waals surface area contributed by atoms with Crippen molar-refractivity contribution in [2.75, 3.05) is 6.61 Å². The molecule has 2 aromatic heterocycles. The maximum Gasteiger partial charge on any atom is 0.471 e. The van der Waals surface area contributed by atoms with Gasteiger partial charge in [0.25, 0.3) is 5.56 Å². The van der Waals surface area contributed by atoms with Crippen LogP contribution in [0.4, 0.5) is 39.5 Å². The second-order valence-electron chi connectivity index (χ2n) is 6.67. The molecule has 0 aliphatic heterocycles. The molecule has 0 aliphatic carbocycles. The number of hydrogen-bond donors (Lipinski definition) is 0. The van der Waals surface area contributed by atoms with E-state index in [0.717, 1.165) is 24.3 Å². The van der Waals surface area contributed by atoms with Crippen molar-refractivity contribution in [3.63, 3.8) is 0 Å². The molecule has 0 unspecified atom stereocenters. The fourth-order valence-electron chi connectivity index (χ4n) is 2.64. The van der Waals surface area contributed by atoms with Crippen molar-refractivity contribution in [1.29, 1.82) is 0 Å². The Morgan fingerprint density at radius 1 is 0.912 bits per heavy atom. The summed E-state index contributed by atoms with van der Waals surface area (Å²) in [6, 6.07) is 4.97. The van der Waals surface area contributed by atoms with Crippen LogP contribution >= 0.6 is 0 Å². The largest absolute Gasteiger partial charge is 0.484 e. The Hall–Kier alpha value is -3.59. The summed E-state index contributed by atoms with van der Waals surface area (Å²) in [6.07, 6.45) is -16.6. The molecule has 16 heteroatoms.